The molecule has 0 radical (unpaired) electrons. The van der Waals surface area contributed by atoms with Gasteiger partial charge in [0.25, 0.3) is 5.91 Å². The van der Waals surface area contributed by atoms with Crippen molar-refractivity contribution in [3.8, 4) is 0 Å². The van der Waals surface area contributed by atoms with Gasteiger partial charge in [-0.2, -0.15) is 0 Å². The molecule has 0 spiro atoms. The summed E-state index contributed by atoms with van der Waals surface area (Å²) in [4.78, 5) is 36.5. The summed E-state index contributed by atoms with van der Waals surface area (Å²) >= 11 is 0. The Morgan fingerprint density at radius 2 is 2.14 bits per heavy atom. The van der Waals surface area contributed by atoms with Gasteiger partial charge >= 0.3 is 0 Å². The highest BCUT2D eigenvalue weighted by Crippen LogP contribution is 2.16. The summed E-state index contributed by atoms with van der Waals surface area (Å²) in [5.74, 6) is -0.0469. The molecule has 2 aromatic heterocycles. The summed E-state index contributed by atoms with van der Waals surface area (Å²) in [6.45, 7) is 2.96. The molecule has 1 aliphatic rings. The Bertz CT molecular complexity index is 673. The van der Waals surface area contributed by atoms with Crippen molar-refractivity contribution in [3.63, 3.8) is 0 Å². The van der Waals surface area contributed by atoms with Crippen molar-refractivity contribution in [2.24, 2.45) is 0 Å². The normalized spacial score (nSPS) is 16.1. The fraction of sp³-hybridized carbons (Fsp3) is 0.429. The minimum atomic E-state index is -0.138. The van der Waals surface area contributed by atoms with Crippen molar-refractivity contribution in [2.75, 3.05) is 13.1 Å². The predicted molar refractivity (Wildman–Crippen MR) is 76.6 cm³/mol. The van der Waals surface area contributed by atoms with Crippen LogP contribution in [0.3, 0.4) is 0 Å². The molecular weight excluding hydrogens is 270 g/mol. The Kier molecular flexibility index (Phi) is 3.55. The van der Waals surface area contributed by atoms with Crippen LogP contribution in [-0.4, -0.2) is 50.8 Å². The number of H-pyrrole nitrogens is 1. The van der Waals surface area contributed by atoms with Gasteiger partial charge in [-0.25, -0.2) is 9.97 Å². The van der Waals surface area contributed by atoms with E-state index >= 15 is 0 Å². The predicted octanol–water partition coefficient (Wildman–Crippen LogP) is 0.699. The van der Waals surface area contributed by atoms with Crippen LogP contribution in [0.4, 0.5) is 0 Å². The van der Waals surface area contributed by atoms with Crippen LogP contribution < -0.4 is 5.32 Å². The van der Waals surface area contributed by atoms with E-state index in [4.69, 9.17) is 0 Å². The number of aromatic amines is 1. The molecule has 3 rings (SSSR count). The van der Waals surface area contributed by atoms with Gasteiger partial charge in [0.15, 0.2) is 0 Å². The highest BCUT2D eigenvalue weighted by atomic mass is 16.2. The van der Waals surface area contributed by atoms with Gasteiger partial charge in [0.2, 0.25) is 5.91 Å². The van der Waals surface area contributed by atoms with Crippen LogP contribution in [0.1, 0.15) is 30.1 Å². The lowest BCUT2D eigenvalue weighted by atomic mass is 10.0. The van der Waals surface area contributed by atoms with Gasteiger partial charge in [0, 0.05) is 32.3 Å². The monoisotopic (exact) mass is 287 g/mol. The van der Waals surface area contributed by atoms with Gasteiger partial charge in [0.05, 0.1) is 17.3 Å². The Morgan fingerprint density at radius 3 is 2.86 bits per heavy atom. The zero-order valence-electron chi connectivity index (χ0n) is 11.8. The molecule has 0 bridgehead atoms. The third kappa shape index (κ3) is 2.72. The molecule has 0 unspecified atom stereocenters. The number of piperidine rings is 1. The summed E-state index contributed by atoms with van der Waals surface area (Å²) < 4.78 is 0. The zero-order chi connectivity index (χ0) is 14.8. The Morgan fingerprint density at radius 1 is 1.38 bits per heavy atom. The van der Waals surface area contributed by atoms with E-state index in [1.807, 2.05) is 4.90 Å². The maximum atomic E-state index is 12.3. The Balaban J connectivity index is 1.66. The number of carbonyl (C=O) groups excluding carboxylic acids is 2. The van der Waals surface area contributed by atoms with E-state index in [9.17, 15) is 9.59 Å². The maximum absolute atomic E-state index is 12.3. The topological polar surface area (TPSA) is 91.0 Å². The van der Waals surface area contributed by atoms with Crippen LogP contribution in [0.25, 0.3) is 11.0 Å². The molecule has 2 amide bonds. The van der Waals surface area contributed by atoms with Gasteiger partial charge in [-0.3, -0.25) is 9.59 Å². The van der Waals surface area contributed by atoms with E-state index in [1.165, 1.54) is 6.33 Å². The molecule has 110 valence electrons. The molecule has 0 aromatic carbocycles. The highest BCUT2D eigenvalue weighted by molar-refractivity contribution is 6.05. The smallest absolute Gasteiger partial charge is 0.255 e. The molecule has 1 aliphatic heterocycles. The van der Waals surface area contributed by atoms with Crippen LogP contribution in [0.5, 0.6) is 0 Å². The lowest BCUT2D eigenvalue weighted by Crippen LogP contribution is -2.45. The second kappa shape index (κ2) is 5.51. The van der Waals surface area contributed by atoms with Crippen molar-refractivity contribution in [1.82, 2.24) is 25.2 Å². The molecular formula is C14H17N5O2. The molecule has 0 aliphatic carbocycles. The van der Waals surface area contributed by atoms with E-state index in [0.29, 0.717) is 24.2 Å². The second-order valence-electron chi connectivity index (χ2n) is 5.24. The minimum Gasteiger partial charge on any atom is -0.358 e. The summed E-state index contributed by atoms with van der Waals surface area (Å²) in [6, 6.07) is 0.0971. The first-order valence-electron chi connectivity index (χ1n) is 6.98. The van der Waals surface area contributed by atoms with Crippen LogP contribution in [0.15, 0.2) is 18.7 Å². The van der Waals surface area contributed by atoms with Crippen LogP contribution in [0, 0.1) is 0 Å². The number of carbonyl (C=O) groups is 2. The number of rotatable bonds is 2. The van der Waals surface area contributed by atoms with E-state index in [0.717, 1.165) is 18.4 Å². The van der Waals surface area contributed by atoms with Crippen molar-refractivity contribution < 1.29 is 9.59 Å². The number of aromatic nitrogens is 3. The van der Waals surface area contributed by atoms with Gasteiger partial charge in [-0.05, 0) is 12.8 Å². The van der Waals surface area contributed by atoms with Gasteiger partial charge in [0.1, 0.15) is 11.8 Å². The number of nitrogens with one attached hydrogen (secondary N) is 2. The lowest BCUT2D eigenvalue weighted by Gasteiger charge is -2.31. The van der Waals surface area contributed by atoms with Crippen LogP contribution in [0.2, 0.25) is 0 Å². The minimum absolute atomic E-state index is 0.0908. The van der Waals surface area contributed by atoms with Crippen molar-refractivity contribution in [3.05, 3.63) is 24.3 Å². The zero-order valence-corrected chi connectivity index (χ0v) is 11.8. The van der Waals surface area contributed by atoms with E-state index in [1.54, 1.807) is 19.3 Å². The largest absolute Gasteiger partial charge is 0.358 e. The van der Waals surface area contributed by atoms with Crippen LogP contribution >= 0.6 is 0 Å². The Labute approximate surface area is 121 Å². The maximum Gasteiger partial charge on any atom is 0.255 e. The molecule has 7 heteroatoms. The number of fused-ring (bicyclic) bond motifs is 1. The molecule has 3 heterocycles. The van der Waals surface area contributed by atoms with E-state index in [-0.39, 0.29) is 17.9 Å². The first kappa shape index (κ1) is 13.5. The number of hydrogen-bond acceptors (Lipinski definition) is 4. The van der Waals surface area contributed by atoms with E-state index in [2.05, 4.69) is 20.3 Å². The summed E-state index contributed by atoms with van der Waals surface area (Å²) in [6.07, 6.45) is 6.29. The third-order valence-electron chi connectivity index (χ3n) is 3.86. The Hall–Kier alpha value is -2.44. The highest BCUT2D eigenvalue weighted by Gasteiger charge is 2.23. The molecule has 2 aromatic rings. The first-order chi connectivity index (χ1) is 10.1. The molecule has 0 atom stereocenters. The molecule has 1 saturated heterocycles. The fourth-order valence-corrected chi connectivity index (χ4v) is 2.64. The second-order valence-corrected chi connectivity index (χ2v) is 5.24. The van der Waals surface area contributed by atoms with E-state index < -0.39 is 0 Å². The number of hydrogen-bond donors (Lipinski definition) is 2. The van der Waals surface area contributed by atoms with Crippen molar-refractivity contribution >= 4 is 22.8 Å². The lowest BCUT2D eigenvalue weighted by molar-refractivity contribution is -0.129. The molecule has 0 saturated carbocycles. The average Bonchev–Trinajstić information content (AvgIpc) is 2.92. The number of nitrogens with zero attached hydrogens (tertiary/aromatic N) is 3. The van der Waals surface area contributed by atoms with Crippen LogP contribution in [-0.2, 0) is 4.79 Å². The molecule has 2 N–H and O–H groups in total. The van der Waals surface area contributed by atoms with Gasteiger partial charge < -0.3 is 15.2 Å². The summed E-state index contributed by atoms with van der Waals surface area (Å²) in [5, 5.41) is 3.02. The SMILES string of the molecule is CC(=O)N1CCC(NC(=O)c2c[nH]c3cncnc23)CC1. The average molecular weight is 287 g/mol. The standard InChI is InChI=1S/C14H17N5O2/c1-9(20)19-4-2-10(3-5-19)18-14(21)11-6-16-12-7-15-8-17-13(11)12/h6-8,10,16H,2-5H2,1H3,(H,18,21). The number of amides is 2. The van der Waals surface area contributed by atoms with Gasteiger partial charge in [-0.1, -0.05) is 0 Å². The fourth-order valence-electron chi connectivity index (χ4n) is 2.64. The molecule has 21 heavy (non-hydrogen) atoms. The van der Waals surface area contributed by atoms with Gasteiger partial charge in [-0.15, -0.1) is 0 Å². The first-order valence-corrected chi connectivity index (χ1v) is 6.98. The number of likely N-dealkylation sites (tertiary alicyclic amines) is 1. The summed E-state index contributed by atoms with van der Waals surface area (Å²) in [5.41, 5.74) is 1.90. The summed E-state index contributed by atoms with van der Waals surface area (Å²) in [7, 11) is 0. The molecule has 7 nitrogen and oxygen atoms in total. The quantitative estimate of drug-likeness (QED) is 0.850. The third-order valence-corrected chi connectivity index (χ3v) is 3.86. The van der Waals surface area contributed by atoms with Crippen molar-refractivity contribution in [1.29, 1.82) is 0 Å². The molecule has 1 fully saturated rings. The van der Waals surface area contributed by atoms with Crippen molar-refractivity contribution in [2.45, 2.75) is 25.8 Å².